The van der Waals surface area contributed by atoms with E-state index in [1.807, 2.05) is 74.5 Å². The minimum absolute atomic E-state index is 0.0334. The van der Waals surface area contributed by atoms with E-state index in [1.165, 1.54) is 0 Å². The minimum atomic E-state index is -0.636. The number of hydrogen-bond acceptors (Lipinski definition) is 5. The number of ether oxygens (including phenoxy) is 2. The van der Waals surface area contributed by atoms with Crippen molar-refractivity contribution in [2.45, 2.75) is 20.3 Å². The first kappa shape index (κ1) is 25.0. The fourth-order valence-electron chi connectivity index (χ4n) is 4.53. The maximum atomic E-state index is 12.7. The molecule has 4 aromatic rings. The number of aryl methyl sites for hydroxylation is 2. The summed E-state index contributed by atoms with van der Waals surface area (Å²) in [7, 11) is 0. The van der Waals surface area contributed by atoms with E-state index in [-0.39, 0.29) is 18.9 Å². The number of carbonyl (C=O) groups is 3. The fraction of sp³-hybridized carbons (Fsp3) is 0.194. The molecule has 1 saturated heterocycles. The van der Waals surface area contributed by atoms with Gasteiger partial charge in [0.15, 0.2) is 6.61 Å². The third kappa shape index (κ3) is 5.52. The van der Waals surface area contributed by atoms with Crippen LogP contribution in [0.5, 0.6) is 11.5 Å². The number of benzene rings is 4. The molecule has 0 aromatic heterocycles. The van der Waals surface area contributed by atoms with Gasteiger partial charge >= 0.3 is 5.97 Å². The summed E-state index contributed by atoms with van der Waals surface area (Å²) in [5, 5.41) is 4.87. The molecule has 1 heterocycles. The Kier molecular flexibility index (Phi) is 7.09. The zero-order valence-electron chi connectivity index (χ0n) is 21.3. The second-order valence-electron chi connectivity index (χ2n) is 9.45. The molecule has 1 fully saturated rings. The largest absolute Gasteiger partial charge is 0.457 e. The van der Waals surface area contributed by atoms with Crippen LogP contribution in [0.1, 0.15) is 17.5 Å². The third-order valence-electron chi connectivity index (χ3n) is 6.60. The molecule has 7 heteroatoms. The van der Waals surface area contributed by atoms with Crippen LogP contribution < -0.4 is 15.0 Å². The highest BCUT2D eigenvalue weighted by molar-refractivity contribution is 6.00. The Labute approximate surface area is 221 Å². The lowest BCUT2D eigenvalue weighted by Gasteiger charge is -2.17. The summed E-state index contributed by atoms with van der Waals surface area (Å²) >= 11 is 0. The number of nitrogens with zero attached hydrogens (tertiary/aromatic N) is 1. The molecule has 2 amide bonds. The third-order valence-corrected chi connectivity index (χ3v) is 6.60. The Hall–Kier alpha value is -4.65. The molecular weight excluding hydrogens is 480 g/mol. The van der Waals surface area contributed by atoms with Crippen LogP contribution in [0.15, 0.2) is 84.9 Å². The second-order valence-corrected chi connectivity index (χ2v) is 9.45. The zero-order chi connectivity index (χ0) is 26.6. The molecule has 0 spiro atoms. The summed E-state index contributed by atoms with van der Waals surface area (Å²) in [6.45, 7) is 3.61. The van der Waals surface area contributed by atoms with Gasteiger partial charge in [0.1, 0.15) is 11.5 Å². The van der Waals surface area contributed by atoms with E-state index in [0.29, 0.717) is 17.1 Å². The average Bonchev–Trinajstić information content (AvgIpc) is 3.31. The van der Waals surface area contributed by atoms with Crippen molar-refractivity contribution >= 4 is 39.9 Å². The van der Waals surface area contributed by atoms with E-state index in [1.54, 1.807) is 29.2 Å². The highest BCUT2D eigenvalue weighted by Gasteiger charge is 2.36. The molecule has 1 atom stereocenters. The molecule has 0 radical (unpaired) electrons. The smallest absolute Gasteiger partial charge is 0.311 e. The van der Waals surface area contributed by atoms with Crippen molar-refractivity contribution in [2.75, 3.05) is 23.4 Å². The molecule has 1 N–H and O–H groups in total. The molecule has 1 aliphatic heterocycles. The summed E-state index contributed by atoms with van der Waals surface area (Å²) in [4.78, 5) is 39.1. The van der Waals surface area contributed by atoms with Crippen LogP contribution in [0.2, 0.25) is 0 Å². The lowest BCUT2D eigenvalue weighted by Crippen LogP contribution is -2.28. The van der Waals surface area contributed by atoms with E-state index in [0.717, 1.165) is 27.6 Å². The Morgan fingerprint density at radius 2 is 1.71 bits per heavy atom. The number of rotatable bonds is 7. The summed E-state index contributed by atoms with van der Waals surface area (Å²) in [5.74, 6) is -0.403. The zero-order valence-corrected chi connectivity index (χ0v) is 21.3. The van der Waals surface area contributed by atoms with E-state index in [9.17, 15) is 14.4 Å². The van der Waals surface area contributed by atoms with Gasteiger partial charge < -0.3 is 19.7 Å². The van der Waals surface area contributed by atoms with Gasteiger partial charge in [0.05, 0.1) is 5.92 Å². The molecule has 0 aliphatic carbocycles. The average molecular weight is 509 g/mol. The lowest BCUT2D eigenvalue weighted by atomic mass is 10.1. The molecule has 0 saturated carbocycles. The number of anilines is 2. The lowest BCUT2D eigenvalue weighted by molar-refractivity contribution is -0.151. The molecule has 4 aromatic carbocycles. The van der Waals surface area contributed by atoms with Crippen LogP contribution in [-0.4, -0.2) is 30.9 Å². The molecule has 0 unspecified atom stereocenters. The molecule has 192 valence electrons. The van der Waals surface area contributed by atoms with Gasteiger partial charge in [-0.3, -0.25) is 14.4 Å². The Balaban J connectivity index is 1.17. The first-order valence-corrected chi connectivity index (χ1v) is 12.5. The van der Waals surface area contributed by atoms with E-state index in [2.05, 4.69) is 5.32 Å². The number of carbonyl (C=O) groups excluding carboxylic acids is 3. The highest BCUT2D eigenvalue weighted by Crippen LogP contribution is 2.32. The molecule has 0 bridgehead atoms. The first-order chi connectivity index (χ1) is 18.4. The molecule has 1 aliphatic rings. The van der Waals surface area contributed by atoms with Crippen LogP contribution >= 0.6 is 0 Å². The van der Waals surface area contributed by atoms with Gasteiger partial charge in [-0.15, -0.1) is 0 Å². The maximum absolute atomic E-state index is 12.7. The van der Waals surface area contributed by atoms with Crippen molar-refractivity contribution in [1.29, 1.82) is 0 Å². The fourth-order valence-corrected chi connectivity index (χ4v) is 4.53. The van der Waals surface area contributed by atoms with Crippen molar-refractivity contribution in [3.8, 4) is 11.5 Å². The van der Waals surface area contributed by atoms with E-state index < -0.39 is 24.4 Å². The van der Waals surface area contributed by atoms with Gasteiger partial charge in [0.25, 0.3) is 5.91 Å². The van der Waals surface area contributed by atoms with Crippen LogP contribution in [0.4, 0.5) is 11.4 Å². The van der Waals surface area contributed by atoms with Crippen molar-refractivity contribution in [3.05, 3.63) is 96.1 Å². The summed E-state index contributed by atoms with van der Waals surface area (Å²) in [5.41, 5.74) is 3.28. The standard InChI is InChI=1S/C31H28N2O5/c1-20-10-11-21(2)27(16-20)32-29(34)19-37-31(36)23-17-30(35)33(18-23)24-12-14-25(15-13-24)38-28-9-5-7-22-6-3-4-8-26(22)28/h3-16,23H,17-19H2,1-2H3,(H,32,34)/t23-/m1/s1. The van der Waals surface area contributed by atoms with Crippen LogP contribution in [0.25, 0.3) is 10.8 Å². The highest BCUT2D eigenvalue weighted by atomic mass is 16.5. The van der Waals surface area contributed by atoms with Gasteiger partial charge in [-0.2, -0.15) is 0 Å². The monoisotopic (exact) mass is 508 g/mol. The van der Waals surface area contributed by atoms with Gasteiger partial charge in [-0.05, 0) is 66.8 Å². The van der Waals surface area contributed by atoms with E-state index in [4.69, 9.17) is 9.47 Å². The van der Waals surface area contributed by atoms with Gasteiger partial charge in [-0.1, -0.05) is 48.5 Å². The van der Waals surface area contributed by atoms with Crippen molar-refractivity contribution in [1.82, 2.24) is 0 Å². The predicted molar refractivity (Wildman–Crippen MR) is 146 cm³/mol. The Morgan fingerprint density at radius 1 is 0.947 bits per heavy atom. The molecule has 38 heavy (non-hydrogen) atoms. The van der Waals surface area contributed by atoms with Crippen LogP contribution in [0, 0.1) is 19.8 Å². The molecular formula is C31H28N2O5. The number of esters is 1. The number of amides is 2. The number of nitrogens with one attached hydrogen (secondary N) is 1. The SMILES string of the molecule is Cc1ccc(C)c(NC(=O)COC(=O)[C@@H]2CC(=O)N(c3ccc(Oc4cccc5ccccc45)cc3)C2)c1. The van der Waals surface area contributed by atoms with E-state index >= 15 is 0 Å². The van der Waals surface area contributed by atoms with Crippen molar-refractivity contribution in [2.24, 2.45) is 5.92 Å². The summed E-state index contributed by atoms with van der Waals surface area (Å²) < 4.78 is 11.3. The number of fused-ring (bicyclic) bond motifs is 1. The maximum Gasteiger partial charge on any atom is 0.311 e. The van der Waals surface area contributed by atoms with Gasteiger partial charge in [-0.25, -0.2) is 0 Å². The minimum Gasteiger partial charge on any atom is -0.457 e. The predicted octanol–water partition coefficient (Wildman–Crippen LogP) is 5.78. The molecule has 5 rings (SSSR count). The quantitative estimate of drug-likeness (QED) is 0.320. The molecule has 7 nitrogen and oxygen atoms in total. The topological polar surface area (TPSA) is 84.9 Å². The number of hydrogen-bond donors (Lipinski definition) is 1. The van der Waals surface area contributed by atoms with Gasteiger partial charge in [0.2, 0.25) is 5.91 Å². The van der Waals surface area contributed by atoms with Crippen LogP contribution in [0.3, 0.4) is 0 Å². The second kappa shape index (κ2) is 10.8. The Bertz CT molecular complexity index is 1510. The normalized spacial score (nSPS) is 14.9. The van der Waals surface area contributed by atoms with Crippen molar-refractivity contribution < 1.29 is 23.9 Å². The van der Waals surface area contributed by atoms with Gasteiger partial charge in [0, 0.05) is 29.7 Å². The Morgan fingerprint density at radius 3 is 2.53 bits per heavy atom. The van der Waals surface area contributed by atoms with Crippen molar-refractivity contribution in [3.63, 3.8) is 0 Å². The summed E-state index contributed by atoms with van der Waals surface area (Å²) in [6.07, 6.45) is 0.0334. The first-order valence-electron chi connectivity index (χ1n) is 12.5. The summed E-state index contributed by atoms with van der Waals surface area (Å²) in [6, 6.07) is 26.8. The van der Waals surface area contributed by atoms with Crippen LogP contribution in [-0.2, 0) is 19.1 Å².